The van der Waals surface area contributed by atoms with Crippen LogP contribution in [0.3, 0.4) is 0 Å². The van der Waals surface area contributed by atoms with E-state index in [0.717, 1.165) is 44.1 Å². The van der Waals surface area contributed by atoms with E-state index in [4.69, 9.17) is 5.73 Å². The summed E-state index contributed by atoms with van der Waals surface area (Å²) in [4.78, 5) is 25.6. The van der Waals surface area contributed by atoms with Crippen LogP contribution in [-0.4, -0.2) is 40.1 Å². The van der Waals surface area contributed by atoms with Gasteiger partial charge in [-0.15, -0.1) is 0 Å². The number of aryl methyl sites for hydroxylation is 1. The average molecular weight is 460 g/mol. The first-order chi connectivity index (χ1) is 15.4. The Morgan fingerprint density at radius 1 is 1.03 bits per heavy atom. The first-order valence-corrected chi connectivity index (χ1v) is 12.5. The molecule has 2 atom stereocenters. The number of aliphatic hydroxyl groups is 1. The fourth-order valence-electron chi connectivity index (χ4n) is 4.47. The molecule has 0 aromatic heterocycles. The number of amides is 2. The second-order valence-corrected chi connectivity index (χ2v) is 11.3. The number of nitrogens with two attached hydrogens (primary N) is 1. The normalized spacial score (nSPS) is 17.9. The van der Waals surface area contributed by atoms with Gasteiger partial charge < -0.3 is 21.5 Å². The van der Waals surface area contributed by atoms with Crippen molar-refractivity contribution in [2.75, 3.05) is 0 Å². The summed E-state index contributed by atoms with van der Waals surface area (Å²) < 4.78 is 0. The van der Waals surface area contributed by atoms with Gasteiger partial charge in [-0.05, 0) is 69.9 Å². The molecule has 1 saturated carbocycles. The highest BCUT2D eigenvalue weighted by atomic mass is 16.3. The molecule has 0 saturated heterocycles. The van der Waals surface area contributed by atoms with Crippen LogP contribution in [0.25, 0.3) is 0 Å². The zero-order valence-electron chi connectivity index (χ0n) is 21.2. The Bertz CT molecular complexity index is 762. The largest absolute Gasteiger partial charge is 0.390 e. The van der Waals surface area contributed by atoms with E-state index < -0.39 is 23.2 Å². The summed E-state index contributed by atoms with van der Waals surface area (Å²) in [7, 11) is 0. The standard InChI is InChI=1S/C27H45N3O3/c1-19(2)17-22(28)24(31)29-23(25(32)30-26(3,4)5)18-21-11-9-20(10-12-21)13-16-27(33)14-7-6-8-15-27/h9-12,19,22-23,33H,6-8,13-18,28H2,1-5H3,(H,29,31)(H,30,32). The van der Waals surface area contributed by atoms with Crippen molar-refractivity contribution in [2.24, 2.45) is 11.7 Å². The molecule has 1 aromatic rings. The Morgan fingerprint density at radius 2 is 1.61 bits per heavy atom. The summed E-state index contributed by atoms with van der Waals surface area (Å²) in [5, 5.41) is 16.6. The van der Waals surface area contributed by atoms with Crippen LogP contribution in [0, 0.1) is 5.92 Å². The Morgan fingerprint density at radius 3 is 2.15 bits per heavy atom. The topological polar surface area (TPSA) is 104 Å². The number of nitrogens with one attached hydrogen (secondary N) is 2. The van der Waals surface area contributed by atoms with Crippen molar-refractivity contribution in [2.45, 2.75) is 116 Å². The molecule has 1 fully saturated rings. The molecule has 1 aromatic carbocycles. The maximum atomic E-state index is 12.9. The maximum absolute atomic E-state index is 12.9. The fourth-order valence-corrected chi connectivity index (χ4v) is 4.47. The molecule has 2 rings (SSSR count). The van der Waals surface area contributed by atoms with E-state index in [1.807, 2.05) is 46.8 Å². The predicted octanol–water partition coefficient (Wildman–Crippen LogP) is 3.63. The van der Waals surface area contributed by atoms with Gasteiger partial charge in [0.2, 0.25) is 11.8 Å². The van der Waals surface area contributed by atoms with Gasteiger partial charge in [0.25, 0.3) is 0 Å². The molecule has 0 radical (unpaired) electrons. The van der Waals surface area contributed by atoms with Crippen LogP contribution in [0.5, 0.6) is 0 Å². The van der Waals surface area contributed by atoms with E-state index in [0.29, 0.717) is 18.8 Å². The lowest BCUT2D eigenvalue weighted by Crippen LogP contribution is -2.55. The Hall–Kier alpha value is -1.92. The van der Waals surface area contributed by atoms with E-state index in [-0.39, 0.29) is 11.8 Å². The van der Waals surface area contributed by atoms with Gasteiger partial charge in [0.05, 0.1) is 11.6 Å². The number of benzene rings is 1. The van der Waals surface area contributed by atoms with Crippen molar-refractivity contribution in [3.8, 4) is 0 Å². The van der Waals surface area contributed by atoms with Gasteiger partial charge >= 0.3 is 0 Å². The number of carbonyl (C=O) groups is 2. The van der Waals surface area contributed by atoms with E-state index in [1.165, 1.54) is 12.0 Å². The summed E-state index contributed by atoms with van der Waals surface area (Å²) in [5.74, 6) is -0.210. The maximum Gasteiger partial charge on any atom is 0.243 e. The van der Waals surface area contributed by atoms with Gasteiger partial charge in [-0.25, -0.2) is 0 Å². The van der Waals surface area contributed by atoms with Crippen molar-refractivity contribution >= 4 is 11.8 Å². The Labute approximate surface area is 200 Å². The zero-order valence-corrected chi connectivity index (χ0v) is 21.2. The molecule has 2 unspecified atom stereocenters. The first kappa shape index (κ1) is 27.3. The van der Waals surface area contributed by atoms with Gasteiger partial charge in [0, 0.05) is 12.0 Å². The van der Waals surface area contributed by atoms with Crippen LogP contribution in [0.2, 0.25) is 0 Å². The van der Waals surface area contributed by atoms with Crippen molar-refractivity contribution in [3.05, 3.63) is 35.4 Å². The molecule has 5 N–H and O–H groups in total. The highest BCUT2D eigenvalue weighted by molar-refractivity contribution is 5.90. The van der Waals surface area contributed by atoms with E-state index >= 15 is 0 Å². The molecule has 6 heteroatoms. The number of rotatable bonds is 10. The van der Waals surface area contributed by atoms with Crippen LogP contribution in [0.15, 0.2) is 24.3 Å². The van der Waals surface area contributed by atoms with E-state index in [9.17, 15) is 14.7 Å². The van der Waals surface area contributed by atoms with Gasteiger partial charge in [0.1, 0.15) is 6.04 Å². The minimum atomic E-state index is -0.691. The number of hydrogen-bond donors (Lipinski definition) is 4. The van der Waals surface area contributed by atoms with Crippen molar-refractivity contribution in [1.82, 2.24) is 10.6 Å². The molecule has 33 heavy (non-hydrogen) atoms. The molecular weight excluding hydrogens is 414 g/mol. The Balaban J connectivity index is 2.03. The lowest BCUT2D eigenvalue weighted by molar-refractivity contribution is -0.130. The van der Waals surface area contributed by atoms with E-state index in [1.54, 1.807) is 0 Å². The van der Waals surface area contributed by atoms with Gasteiger partial charge in [-0.1, -0.05) is 57.4 Å². The monoisotopic (exact) mass is 459 g/mol. The molecule has 0 bridgehead atoms. The fraction of sp³-hybridized carbons (Fsp3) is 0.704. The van der Waals surface area contributed by atoms with Gasteiger partial charge in [-0.2, -0.15) is 0 Å². The molecule has 2 amide bonds. The molecule has 0 spiro atoms. The van der Waals surface area contributed by atoms with Crippen molar-refractivity contribution < 1.29 is 14.7 Å². The summed E-state index contributed by atoms with van der Waals surface area (Å²) in [6.45, 7) is 9.80. The summed E-state index contributed by atoms with van der Waals surface area (Å²) in [6, 6.07) is 6.82. The minimum absolute atomic E-state index is 0.212. The van der Waals surface area contributed by atoms with E-state index in [2.05, 4.69) is 22.8 Å². The second-order valence-electron chi connectivity index (χ2n) is 11.3. The minimum Gasteiger partial charge on any atom is -0.390 e. The molecule has 6 nitrogen and oxygen atoms in total. The van der Waals surface area contributed by atoms with Crippen molar-refractivity contribution in [1.29, 1.82) is 0 Å². The van der Waals surface area contributed by atoms with Crippen LogP contribution >= 0.6 is 0 Å². The van der Waals surface area contributed by atoms with Crippen molar-refractivity contribution in [3.63, 3.8) is 0 Å². The second kappa shape index (κ2) is 12.0. The first-order valence-electron chi connectivity index (χ1n) is 12.5. The highest BCUT2D eigenvalue weighted by Crippen LogP contribution is 2.31. The third kappa shape index (κ3) is 9.85. The van der Waals surface area contributed by atoms with Crippen LogP contribution in [0.4, 0.5) is 0 Å². The predicted molar refractivity (Wildman–Crippen MR) is 134 cm³/mol. The number of hydrogen-bond acceptors (Lipinski definition) is 4. The molecular formula is C27H45N3O3. The SMILES string of the molecule is CC(C)CC(N)C(=O)NC(Cc1ccc(CCC2(O)CCCCC2)cc1)C(=O)NC(C)(C)C. The van der Waals surface area contributed by atoms with Gasteiger partial charge in [0.15, 0.2) is 0 Å². The quantitative estimate of drug-likeness (QED) is 0.429. The zero-order chi connectivity index (χ0) is 24.6. The smallest absolute Gasteiger partial charge is 0.243 e. The lowest BCUT2D eigenvalue weighted by atomic mass is 9.81. The summed E-state index contributed by atoms with van der Waals surface area (Å²) in [6.07, 6.45) is 7.83. The molecule has 0 heterocycles. The lowest BCUT2D eigenvalue weighted by Gasteiger charge is -2.32. The van der Waals surface area contributed by atoms with Gasteiger partial charge in [-0.3, -0.25) is 9.59 Å². The third-order valence-electron chi connectivity index (χ3n) is 6.32. The summed E-state index contributed by atoms with van der Waals surface area (Å²) in [5.41, 5.74) is 7.28. The van der Waals surface area contributed by atoms with Crippen LogP contribution < -0.4 is 16.4 Å². The van der Waals surface area contributed by atoms with Crippen LogP contribution in [0.1, 0.15) is 90.7 Å². The van der Waals surface area contributed by atoms with Crippen LogP contribution in [-0.2, 0) is 22.4 Å². The molecule has 1 aliphatic carbocycles. The molecule has 186 valence electrons. The third-order valence-corrected chi connectivity index (χ3v) is 6.32. The molecule has 1 aliphatic rings. The Kier molecular flexibility index (Phi) is 9.92. The molecule has 0 aliphatic heterocycles. The highest BCUT2D eigenvalue weighted by Gasteiger charge is 2.29. The summed E-state index contributed by atoms with van der Waals surface area (Å²) >= 11 is 0. The number of carbonyl (C=O) groups excluding carboxylic acids is 2. The average Bonchev–Trinajstić information content (AvgIpc) is 2.71.